The summed E-state index contributed by atoms with van der Waals surface area (Å²) in [6, 6.07) is 10.8. The van der Waals surface area contributed by atoms with E-state index in [1.807, 2.05) is 10.7 Å². The molecule has 0 bridgehead atoms. The van der Waals surface area contributed by atoms with Gasteiger partial charge in [-0.05, 0) is 24.9 Å². The topological polar surface area (TPSA) is 68.8 Å². The third-order valence-corrected chi connectivity index (χ3v) is 3.46. The molecule has 1 aromatic carbocycles. The molecule has 1 aromatic heterocycles. The van der Waals surface area contributed by atoms with Crippen LogP contribution in [-0.2, 0) is 6.42 Å². The summed E-state index contributed by atoms with van der Waals surface area (Å²) in [5.41, 5.74) is 6.83. The van der Waals surface area contributed by atoms with Gasteiger partial charge in [0.2, 0.25) is 5.95 Å². The molecule has 5 heteroatoms. The quantitative estimate of drug-likeness (QED) is 0.872. The van der Waals surface area contributed by atoms with Gasteiger partial charge in [-0.25, -0.2) is 4.68 Å². The molecular formula is C14H19N5. The van der Waals surface area contributed by atoms with Gasteiger partial charge in [-0.3, -0.25) is 0 Å². The predicted molar refractivity (Wildman–Crippen MR) is 75.1 cm³/mol. The Bertz CT molecular complexity index is 534. The lowest BCUT2D eigenvalue weighted by Gasteiger charge is -2.24. The minimum Gasteiger partial charge on any atom is -0.354 e. The molecule has 5 nitrogen and oxygen atoms in total. The number of fused-ring (bicyclic) bond motifs is 1. The highest BCUT2D eigenvalue weighted by molar-refractivity contribution is 5.32. The minimum atomic E-state index is 0.288. The second-order valence-electron chi connectivity index (χ2n) is 4.83. The van der Waals surface area contributed by atoms with E-state index in [2.05, 4.69) is 39.7 Å². The van der Waals surface area contributed by atoms with Gasteiger partial charge in [-0.2, -0.15) is 10.1 Å². The summed E-state index contributed by atoms with van der Waals surface area (Å²) < 4.78 is 2.02. The van der Waals surface area contributed by atoms with Crippen LogP contribution < -0.4 is 11.1 Å². The number of hydrogen-bond acceptors (Lipinski definition) is 4. The summed E-state index contributed by atoms with van der Waals surface area (Å²) in [5.74, 6) is 1.77. The number of aryl methyl sites for hydroxylation is 1. The van der Waals surface area contributed by atoms with E-state index in [1.54, 1.807) is 0 Å². The second kappa shape index (κ2) is 5.40. The molecule has 0 amide bonds. The van der Waals surface area contributed by atoms with Gasteiger partial charge in [0, 0.05) is 13.0 Å². The van der Waals surface area contributed by atoms with Gasteiger partial charge in [0.15, 0.2) is 5.82 Å². The third kappa shape index (κ3) is 2.46. The molecule has 100 valence electrons. The first-order chi connectivity index (χ1) is 9.38. The Hall–Kier alpha value is -1.88. The summed E-state index contributed by atoms with van der Waals surface area (Å²) in [7, 11) is 0. The van der Waals surface area contributed by atoms with Crippen molar-refractivity contribution in [1.82, 2.24) is 14.8 Å². The zero-order valence-corrected chi connectivity index (χ0v) is 10.9. The van der Waals surface area contributed by atoms with E-state index in [9.17, 15) is 0 Å². The standard InChI is InChI=1S/C14H19N5/c15-9-4-7-13-17-14-16-10-8-12(19(14)18-13)11-5-2-1-3-6-11/h1-3,5-6,12H,4,7-10,15H2,(H,16,17,18). The number of nitrogens with zero attached hydrogens (tertiary/aromatic N) is 3. The SMILES string of the molecule is NCCCc1nc2n(n1)C(c1ccccc1)CCN2. The van der Waals surface area contributed by atoms with Crippen molar-refractivity contribution in [3.05, 3.63) is 41.7 Å². The first-order valence-corrected chi connectivity index (χ1v) is 6.83. The maximum absolute atomic E-state index is 5.54. The van der Waals surface area contributed by atoms with Crippen molar-refractivity contribution in [2.75, 3.05) is 18.4 Å². The fourth-order valence-electron chi connectivity index (χ4n) is 2.50. The highest BCUT2D eigenvalue weighted by atomic mass is 15.4. The molecule has 1 aliphatic rings. The molecule has 1 aliphatic heterocycles. The maximum Gasteiger partial charge on any atom is 0.221 e. The van der Waals surface area contributed by atoms with Gasteiger partial charge >= 0.3 is 0 Å². The Morgan fingerprint density at radius 1 is 1.32 bits per heavy atom. The van der Waals surface area contributed by atoms with Crippen LogP contribution in [0.3, 0.4) is 0 Å². The maximum atomic E-state index is 5.54. The molecule has 0 radical (unpaired) electrons. The van der Waals surface area contributed by atoms with Gasteiger partial charge in [-0.15, -0.1) is 0 Å². The Balaban J connectivity index is 1.89. The van der Waals surface area contributed by atoms with Gasteiger partial charge in [0.05, 0.1) is 6.04 Å². The highest BCUT2D eigenvalue weighted by Gasteiger charge is 2.23. The van der Waals surface area contributed by atoms with E-state index in [-0.39, 0.29) is 6.04 Å². The van der Waals surface area contributed by atoms with E-state index in [4.69, 9.17) is 5.73 Å². The van der Waals surface area contributed by atoms with Crippen LogP contribution in [0.15, 0.2) is 30.3 Å². The molecule has 0 aliphatic carbocycles. The van der Waals surface area contributed by atoms with E-state index in [1.165, 1.54) is 5.56 Å². The van der Waals surface area contributed by atoms with Gasteiger partial charge in [0.25, 0.3) is 0 Å². The van der Waals surface area contributed by atoms with Gasteiger partial charge in [0.1, 0.15) is 0 Å². The highest BCUT2D eigenvalue weighted by Crippen LogP contribution is 2.28. The average Bonchev–Trinajstić information content (AvgIpc) is 2.88. The molecule has 2 aromatic rings. The average molecular weight is 257 g/mol. The number of benzene rings is 1. The van der Waals surface area contributed by atoms with Crippen LogP contribution in [0.2, 0.25) is 0 Å². The monoisotopic (exact) mass is 257 g/mol. The lowest BCUT2D eigenvalue weighted by Crippen LogP contribution is -2.24. The smallest absolute Gasteiger partial charge is 0.221 e. The van der Waals surface area contributed by atoms with Crippen molar-refractivity contribution in [1.29, 1.82) is 0 Å². The van der Waals surface area contributed by atoms with E-state index < -0.39 is 0 Å². The molecule has 0 fully saturated rings. The Morgan fingerprint density at radius 2 is 2.16 bits per heavy atom. The zero-order chi connectivity index (χ0) is 13.1. The summed E-state index contributed by atoms with van der Waals surface area (Å²) in [6.07, 6.45) is 2.82. The Kier molecular flexibility index (Phi) is 3.46. The Labute approximate surface area is 112 Å². The van der Waals surface area contributed by atoms with Crippen LogP contribution in [0.1, 0.15) is 30.3 Å². The second-order valence-corrected chi connectivity index (χ2v) is 4.83. The summed E-state index contributed by atoms with van der Waals surface area (Å²) in [6.45, 7) is 1.62. The lowest BCUT2D eigenvalue weighted by atomic mass is 10.0. The summed E-state index contributed by atoms with van der Waals surface area (Å²) in [4.78, 5) is 4.55. The number of nitrogens with two attached hydrogens (primary N) is 1. The van der Waals surface area contributed by atoms with Crippen LogP contribution in [0.4, 0.5) is 5.95 Å². The minimum absolute atomic E-state index is 0.288. The number of hydrogen-bond donors (Lipinski definition) is 2. The molecule has 0 spiro atoms. The Morgan fingerprint density at radius 3 is 2.95 bits per heavy atom. The number of anilines is 1. The number of aromatic nitrogens is 3. The normalized spacial score (nSPS) is 17.8. The largest absolute Gasteiger partial charge is 0.354 e. The van der Waals surface area contributed by atoms with E-state index >= 15 is 0 Å². The molecule has 3 rings (SSSR count). The van der Waals surface area contributed by atoms with Crippen LogP contribution in [0.5, 0.6) is 0 Å². The molecule has 1 atom stereocenters. The fraction of sp³-hybridized carbons (Fsp3) is 0.429. The van der Waals surface area contributed by atoms with Crippen molar-refractivity contribution >= 4 is 5.95 Å². The van der Waals surface area contributed by atoms with Crippen molar-refractivity contribution < 1.29 is 0 Å². The predicted octanol–water partition coefficient (Wildman–Crippen LogP) is 1.57. The van der Waals surface area contributed by atoms with Crippen LogP contribution in [-0.4, -0.2) is 27.9 Å². The molecule has 0 saturated heterocycles. The number of rotatable bonds is 4. The van der Waals surface area contributed by atoms with Crippen LogP contribution in [0, 0.1) is 0 Å². The zero-order valence-electron chi connectivity index (χ0n) is 10.9. The molecule has 1 unspecified atom stereocenters. The summed E-state index contributed by atoms with van der Waals surface area (Å²) >= 11 is 0. The fourth-order valence-corrected chi connectivity index (χ4v) is 2.50. The summed E-state index contributed by atoms with van der Waals surface area (Å²) in [5, 5.41) is 7.95. The molecule has 3 N–H and O–H groups in total. The first-order valence-electron chi connectivity index (χ1n) is 6.83. The molecule has 2 heterocycles. The van der Waals surface area contributed by atoms with Crippen LogP contribution in [0.25, 0.3) is 0 Å². The third-order valence-electron chi connectivity index (χ3n) is 3.46. The first kappa shape index (κ1) is 12.2. The lowest BCUT2D eigenvalue weighted by molar-refractivity contribution is 0.476. The van der Waals surface area contributed by atoms with Crippen molar-refractivity contribution in [3.8, 4) is 0 Å². The van der Waals surface area contributed by atoms with E-state index in [0.29, 0.717) is 6.54 Å². The van der Waals surface area contributed by atoms with E-state index in [0.717, 1.165) is 37.6 Å². The van der Waals surface area contributed by atoms with Crippen LogP contribution >= 0.6 is 0 Å². The van der Waals surface area contributed by atoms with Crippen molar-refractivity contribution in [2.45, 2.75) is 25.3 Å². The van der Waals surface area contributed by atoms with Gasteiger partial charge < -0.3 is 11.1 Å². The molecule has 0 saturated carbocycles. The van der Waals surface area contributed by atoms with Crippen molar-refractivity contribution in [2.24, 2.45) is 5.73 Å². The molecule has 19 heavy (non-hydrogen) atoms. The number of nitrogens with one attached hydrogen (secondary N) is 1. The van der Waals surface area contributed by atoms with Crippen molar-refractivity contribution in [3.63, 3.8) is 0 Å². The van der Waals surface area contributed by atoms with Gasteiger partial charge in [-0.1, -0.05) is 30.3 Å². The molecular weight excluding hydrogens is 238 g/mol.